The lowest BCUT2D eigenvalue weighted by molar-refractivity contribution is 0.559. The topological polar surface area (TPSA) is 56.2 Å². The van der Waals surface area contributed by atoms with E-state index in [-0.39, 0.29) is 5.63 Å². The fraction of sp³-hybridized carbons (Fsp3) is 0.0625. The molecule has 3 nitrogen and oxygen atoms in total. The van der Waals surface area contributed by atoms with Crippen LogP contribution >= 0.6 is 27.7 Å². The first-order valence-electron chi connectivity index (χ1n) is 6.32. The van der Waals surface area contributed by atoms with Crippen molar-refractivity contribution in [3.8, 4) is 0 Å². The molecule has 0 bridgehead atoms. The summed E-state index contributed by atoms with van der Waals surface area (Å²) in [4.78, 5) is 12.8. The summed E-state index contributed by atoms with van der Waals surface area (Å²) >= 11 is 5.05. The van der Waals surface area contributed by atoms with E-state index in [9.17, 15) is 4.79 Å². The summed E-state index contributed by atoms with van der Waals surface area (Å²) in [6.45, 7) is 0. The number of hydrogen-bond acceptors (Lipinski definition) is 4. The minimum Gasteiger partial charge on any atom is -0.423 e. The van der Waals surface area contributed by atoms with Crippen molar-refractivity contribution in [3.05, 3.63) is 69.0 Å². The van der Waals surface area contributed by atoms with Crippen LogP contribution in [0.3, 0.4) is 0 Å². The molecule has 5 heteroatoms. The molecule has 0 unspecified atom stereocenters. The van der Waals surface area contributed by atoms with Gasteiger partial charge in [-0.3, -0.25) is 0 Å². The third kappa shape index (κ3) is 3.31. The third-order valence-corrected chi connectivity index (χ3v) is 4.62. The van der Waals surface area contributed by atoms with Crippen LogP contribution in [-0.4, -0.2) is 0 Å². The molecule has 0 spiro atoms. The number of halogens is 1. The van der Waals surface area contributed by atoms with Gasteiger partial charge in [0.2, 0.25) is 0 Å². The first-order chi connectivity index (χ1) is 10.1. The fourth-order valence-electron chi connectivity index (χ4n) is 2.05. The van der Waals surface area contributed by atoms with Gasteiger partial charge in [-0.15, -0.1) is 11.8 Å². The predicted molar refractivity (Wildman–Crippen MR) is 90.6 cm³/mol. The Bertz CT molecular complexity index is 843. The molecule has 21 heavy (non-hydrogen) atoms. The first-order valence-corrected chi connectivity index (χ1v) is 8.10. The number of thioether (sulfide) groups is 1. The Labute approximate surface area is 134 Å². The molecular formula is C16H12BrNO2S. The van der Waals surface area contributed by atoms with E-state index >= 15 is 0 Å². The van der Waals surface area contributed by atoms with Crippen molar-refractivity contribution in [2.45, 2.75) is 10.6 Å². The van der Waals surface area contributed by atoms with Crippen LogP contribution in [0.5, 0.6) is 0 Å². The van der Waals surface area contributed by atoms with Crippen molar-refractivity contribution in [2.75, 3.05) is 5.73 Å². The smallest absolute Gasteiger partial charge is 0.336 e. The van der Waals surface area contributed by atoms with Crippen LogP contribution in [0.1, 0.15) is 5.56 Å². The second-order valence-electron chi connectivity index (χ2n) is 4.59. The van der Waals surface area contributed by atoms with Gasteiger partial charge in [0.05, 0.1) is 0 Å². The zero-order valence-corrected chi connectivity index (χ0v) is 13.4. The van der Waals surface area contributed by atoms with Crippen LogP contribution in [0.4, 0.5) is 5.69 Å². The molecule has 0 aliphatic carbocycles. The van der Waals surface area contributed by atoms with Crippen LogP contribution in [0.15, 0.2) is 67.1 Å². The molecule has 0 radical (unpaired) electrons. The second-order valence-corrected chi connectivity index (χ2v) is 6.55. The quantitative estimate of drug-likeness (QED) is 0.425. The van der Waals surface area contributed by atoms with Gasteiger partial charge in [0.25, 0.3) is 0 Å². The van der Waals surface area contributed by atoms with Gasteiger partial charge in [-0.1, -0.05) is 15.9 Å². The van der Waals surface area contributed by atoms with Crippen molar-refractivity contribution < 1.29 is 4.42 Å². The minimum atomic E-state index is -0.325. The van der Waals surface area contributed by atoms with Crippen molar-refractivity contribution >= 4 is 44.3 Å². The van der Waals surface area contributed by atoms with E-state index in [2.05, 4.69) is 15.9 Å². The monoisotopic (exact) mass is 361 g/mol. The SMILES string of the molecule is Nc1ccc(SCc2cc(=O)oc3cc(Br)ccc23)cc1. The van der Waals surface area contributed by atoms with Gasteiger partial charge in [0.15, 0.2) is 0 Å². The average Bonchev–Trinajstić information content (AvgIpc) is 2.45. The highest BCUT2D eigenvalue weighted by atomic mass is 79.9. The third-order valence-electron chi connectivity index (χ3n) is 3.07. The first kappa shape index (κ1) is 14.2. The molecule has 0 saturated heterocycles. The fourth-order valence-corrected chi connectivity index (χ4v) is 3.28. The molecule has 0 atom stereocenters. The molecule has 2 N–H and O–H groups in total. The molecule has 0 aliphatic rings. The van der Waals surface area contributed by atoms with Crippen molar-refractivity contribution in [1.29, 1.82) is 0 Å². The predicted octanol–water partition coefficient (Wildman–Crippen LogP) is 4.43. The number of anilines is 1. The van der Waals surface area contributed by atoms with E-state index in [1.807, 2.05) is 42.5 Å². The summed E-state index contributed by atoms with van der Waals surface area (Å²) in [5, 5.41) is 0.959. The number of rotatable bonds is 3. The molecule has 106 valence electrons. The van der Waals surface area contributed by atoms with Crippen molar-refractivity contribution in [3.63, 3.8) is 0 Å². The largest absolute Gasteiger partial charge is 0.423 e. The average molecular weight is 362 g/mol. The summed E-state index contributed by atoms with van der Waals surface area (Å²) in [5.74, 6) is 0.702. The number of benzene rings is 2. The maximum Gasteiger partial charge on any atom is 0.336 e. The second kappa shape index (κ2) is 5.95. The lowest BCUT2D eigenvalue weighted by Gasteiger charge is -2.06. The number of fused-ring (bicyclic) bond motifs is 1. The van der Waals surface area contributed by atoms with Gasteiger partial charge in [-0.05, 0) is 48.0 Å². The summed E-state index contributed by atoms with van der Waals surface area (Å²) in [7, 11) is 0. The molecule has 0 saturated carbocycles. The molecule has 1 aromatic heterocycles. The van der Waals surface area contributed by atoms with Gasteiger partial charge >= 0.3 is 5.63 Å². The van der Waals surface area contributed by atoms with E-state index in [4.69, 9.17) is 10.2 Å². The molecular weight excluding hydrogens is 350 g/mol. The maximum absolute atomic E-state index is 11.7. The van der Waals surface area contributed by atoms with Gasteiger partial charge < -0.3 is 10.2 Å². The van der Waals surface area contributed by atoms with Crippen molar-refractivity contribution in [2.24, 2.45) is 0 Å². The Balaban J connectivity index is 1.93. The number of hydrogen-bond donors (Lipinski definition) is 1. The van der Waals surface area contributed by atoms with E-state index in [1.165, 1.54) is 0 Å². The summed E-state index contributed by atoms with van der Waals surface area (Å²) in [6, 6.07) is 15.0. The zero-order valence-electron chi connectivity index (χ0n) is 11.0. The summed E-state index contributed by atoms with van der Waals surface area (Å²) in [6.07, 6.45) is 0. The highest BCUT2D eigenvalue weighted by Crippen LogP contribution is 2.28. The van der Waals surface area contributed by atoms with Crippen LogP contribution in [0.25, 0.3) is 11.0 Å². The lowest BCUT2D eigenvalue weighted by atomic mass is 10.1. The summed E-state index contributed by atoms with van der Waals surface area (Å²) in [5.41, 5.74) is 7.66. The van der Waals surface area contributed by atoms with E-state index < -0.39 is 0 Å². The van der Waals surface area contributed by atoms with Gasteiger partial charge in [0, 0.05) is 32.3 Å². The molecule has 3 rings (SSSR count). The molecule has 3 aromatic rings. The van der Waals surface area contributed by atoms with Crippen LogP contribution in [0, 0.1) is 0 Å². The highest BCUT2D eigenvalue weighted by molar-refractivity contribution is 9.10. The highest BCUT2D eigenvalue weighted by Gasteiger charge is 2.07. The van der Waals surface area contributed by atoms with Crippen molar-refractivity contribution in [1.82, 2.24) is 0 Å². The Hall–Kier alpha value is -1.72. The maximum atomic E-state index is 11.7. The Kier molecular flexibility index (Phi) is 4.03. The molecule has 1 heterocycles. The van der Waals surface area contributed by atoms with Gasteiger partial charge in [-0.2, -0.15) is 0 Å². The lowest BCUT2D eigenvalue weighted by Crippen LogP contribution is -1.99. The Morgan fingerprint density at radius 2 is 1.86 bits per heavy atom. The Morgan fingerprint density at radius 3 is 2.62 bits per heavy atom. The van der Waals surface area contributed by atoms with E-state index in [0.717, 1.165) is 26.0 Å². The summed E-state index contributed by atoms with van der Waals surface area (Å²) < 4.78 is 6.13. The molecule has 0 fully saturated rings. The Morgan fingerprint density at radius 1 is 1.10 bits per heavy atom. The normalized spacial score (nSPS) is 10.9. The van der Waals surface area contributed by atoms with Crippen LogP contribution < -0.4 is 11.4 Å². The van der Waals surface area contributed by atoms with E-state index in [1.54, 1.807) is 17.8 Å². The molecule has 2 aromatic carbocycles. The molecule has 0 aliphatic heterocycles. The van der Waals surface area contributed by atoms with E-state index in [0.29, 0.717) is 11.3 Å². The van der Waals surface area contributed by atoms with Crippen LogP contribution in [0.2, 0.25) is 0 Å². The standard InChI is InChI=1S/C16H12BrNO2S/c17-11-1-6-14-10(7-16(19)20-15(14)8-11)9-21-13-4-2-12(18)3-5-13/h1-8H,9,18H2. The molecule has 0 amide bonds. The minimum absolute atomic E-state index is 0.325. The van der Waals surface area contributed by atoms with Gasteiger partial charge in [-0.25, -0.2) is 4.79 Å². The van der Waals surface area contributed by atoms with Crippen LogP contribution in [-0.2, 0) is 5.75 Å². The van der Waals surface area contributed by atoms with Gasteiger partial charge in [0.1, 0.15) is 5.58 Å². The number of nitrogens with two attached hydrogens (primary N) is 1. The number of nitrogen functional groups attached to an aromatic ring is 1. The zero-order chi connectivity index (χ0) is 14.8.